The van der Waals surface area contributed by atoms with Gasteiger partial charge in [-0.05, 0) is 31.4 Å². The lowest BCUT2D eigenvalue weighted by atomic mass is 10.1. The Morgan fingerprint density at radius 3 is 2.95 bits per heavy atom. The van der Waals surface area contributed by atoms with Crippen LogP contribution in [0.25, 0.3) is 0 Å². The number of amides is 1. The van der Waals surface area contributed by atoms with Crippen LogP contribution in [0, 0.1) is 10.1 Å². The molecule has 112 valence electrons. The lowest BCUT2D eigenvalue weighted by Gasteiger charge is -2.37. The van der Waals surface area contributed by atoms with Crippen molar-refractivity contribution in [3.63, 3.8) is 0 Å². The highest BCUT2D eigenvalue weighted by molar-refractivity contribution is 5.95. The summed E-state index contributed by atoms with van der Waals surface area (Å²) in [6.45, 7) is 1.02. The quantitative estimate of drug-likeness (QED) is 0.661. The Balaban J connectivity index is 1.84. The second-order valence-corrected chi connectivity index (χ2v) is 5.37. The third-order valence-electron chi connectivity index (χ3n) is 4.16. The molecule has 3 rings (SSSR count). The summed E-state index contributed by atoms with van der Waals surface area (Å²) < 4.78 is 5.66. The molecule has 21 heavy (non-hydrogen) atoms. The number of phenols is 1. The van der Waals surface area contributed by atoms with Crippen LogP contribution < -0.4 is 0 Å². The van der Waals surface area contributed by atoms with Crippen molar-refractivity contribution in [2.45, 2.75) is 31.4 Å². The summed E-state index contributed by atoms with van der Waals surface area (Å²) in [6.07, 6.45) is 2.99. The molecule has 2 aliphatic rings. The van der Waals surface area contributed by atoms with Crippen LogP contribution >= 0.6 is 0 Å². The normalized spacial score (nSPS) is 24.7. The Hall–Kier alpha value is -2.15. The third kappa shape index (κ3) is 2.44. The fraction of sp³-hybridized carbons (Fsp3) is 0.500. The van der Waals surface area contributed by atoms with Crippen LogP contribution in [0.15, 0.2) is 18.2 Å². The van der Waals surface area contributed by atoms with Crippen molar-refractivity contribution < 1.29 is 19.6 Å². The van der Waals surface area contributed by atoms with Gasteiger partial charge in [-0.15, -0.1) is 0 Å². The van der Waals surface area contributed by atoms with E-state index in [0.717, 1.165) is 25.3 Å². The second kappa shape index (κ2) is 5.33. The number of hydrogen-bond donors (Lipinski definition) is 1. The van der Waals surface area contributed by atoms with Crippen molar-refractivity contribution in [2.24, 2.45) is 0 Å². The fourth-order valence-corrected chi connectivity index (χ4v) is 3.15. The third-order valence-corrected chi connectivity index (χ3v) is 4.16. The van der Waals surface area contributed by atoms with Crippen molar-refractivity contribution in [1.29, 1.82) is 0 Å². The fourth-order valence-electron chi connectivity index (χ4n) is 3.15. The average molecular weight is 292 g/mol. The maximum Gasteiger partial charge on any atom is 0.310 e. The van der Waals surface area contributed by atoms with Crippen LogP contribution in [0.4, 0.5) is 5.69 Å². The summed E-state index contributed by atoms with van der Waals surface area (Å²) >= 11 is 0. The van der Waals surface area contributed by atoms with E-state index < -0.39 is 16.4 Å². The number of carbonyl (C=O) groups excluding carboxylic acids is 1. The molecule has 1 heterocycles. The van der Waals surface area contributed by atoms with Crippen molar-refractivity contribution >= 4 is 11.6 Å². The minimum absolute atomic E-state index is 0.0728. The van der Waals surface area contributed by atoms with Crippen LogP contribution in [0.1, 0.15) is 29.6 Å². The zero-order valence-corrected chi connectivity index (χ0v) is 11.4. The summed E-state index contributed by atoms with van der Waals surface area (Å²) in [7, 11) is 0. The molecule has 0 spiro atoms. The molecule has 1 saturated carbocycles. The Bertz CT molecular complexity index is 589. The lowest BCUT2D eigenvalue weighted by Crippen LogP contribution is -2.51. The maximum absolute atomic E-state index is 12.6. The number of rotatable bonds is 2. The van der Waals surface area contributed by atoms with Crippen LogP contribution in [0.5, 0.6) is 5.75 Å². The molecule has 2 unspecified atom stereocenters. The van der Waals surface area contributed by atoms with Crippen LogP contribution in [0.3, 0.4) is 0 Å². The van der Waals surface area contributed by atoms with Crippen molar-refractivity contribution in [2.75, 3.05) is 13.2 Å². The molecule has 1 saturated heterocycles. The first-order valence-electron chi connectivity index (χ1n) is 6.98. The smallest absolute Gasteiger partial charge is 0.310 e. The van der Waals surface area contributed by atoms with Gasteiger partial charge in [0.2, 0.25) is 0 Å². The van der Waals surface area contributed by atoms with Gasteiger partial charge >= 0.3 is 5.69 Å². The van der Waals surface area contributed by atoms with Gasteiger partial charge in [-0.1, -0.05) is 0 Å². The molecular weight excluding hydrogens is 276 g/mol. The zero-order chi connectivity index (χ0) is 15.0. The summed E-state index contributed by atoms with van der Waals surface area (Å²) in [5, 5.41) is 20.3. The average Bonchev–Trinajstić information content (AvgIpc) is 2.94. The van der Waals surface area contributed by atoms with E-state index >= 15 is 0 Å². The van der Waals surface area contributed by atoms with E-state index in [0.29, 0.717) is 13.2 Å². The second-order valence-electron chi connectivity index (χ2n) is 5.37. The van der Waals surface area contributed by atoms with Crippen LogP contribution in [-0.2, 0) is 4.74 Å². The van der Waals surface area contributed by atoms with Crippen molar-refractivity contribution in [3.05, 3.63) is 33.9 Å². The Kier molecular flexibility index (Phi) is 3.50. The molecule has 0 radical (unpaired) electrons. The topological polar surface area (TPSA) is 92.9 Å². The molecule has 1 aromatic rings. The zero-order valence-electron chi connectivity index (χ0n) is 11.4. The van der Waals surface area contributed by atoms with Gasteiger partial charge in [0.05, 0.1) is 23.7 Å². The van der Waals surface area contributed by atoms with Gasteiger partial charge in [0.1, 0.15) is 0 Å². The number of nitro groups is 1. The number of benzene rings is 1. The summed E-state index contributed by atoms with van der Waals surface area (Å²) in [5.41, 5.74) is -0.127. The number of phenolic OH excluding ortho intramolecular Hbond substituents is 1. The van der Waals surface area contributed by atoms with Crippen molar-refractivity contribution in [1.82, 2.24) is 4.90 Å². The molecular formula is C14H16N2O5. The molecule has 2 fully saturated rings. The first-order chi connectivity index (χ1) is 10.1. The SMILES string of the molecule is O=C(c1ccc([N+](=O)[O-])c(O)c1)N1CCOC2CCCC21. The van der Waals surface area contributed by atoms with Gasteiger partial charge in [-0.25, -0.2) is 0 Å². The van der Waals surface area contributed by atoms with Crippen LogP contribution in [0.2, 0.25) is 0 Å². The number of hydrogen-bond acceptors (Lipinski definition) is 5. The Morgan fingerprint density at radius 2 is 2.24 bits per heavy atom. The number of nitrogens with zero attached hydrogens (tertiary/aromatic N) is 2. The Morgan fingerprint density at radius 1 is 1.43 bits per heavy atom. The van der Waals surface area contributed by atoms with Gasteiger partial charge < -0.3 is 14.7 Å². The molecule has 1 aromatic carbocycles. The Labute approximate surface area is 121 Å². The molecule has 1 amide bonds. The first kappa shape index (κ1) is 13.8. The van der Waals surface area contributed by atoms with E-state index in [-0.39, 0.29) is 23.6 Å². The minimum atomic E-state index is -0.675. The molecule has 7 nitrogen and oxygen atoms in total. The summed E-state index contributed by atoms with van der Waals surface area (Å²) in [6, 6.07) is 3.79. The van der Waals surface area contributed by atoms with Crippen molar-refractivity contribution in [3.8, 4) is 5.75 Å². The minimum Gasteiger partial charge on any atom is -0.502 e. The number of nitro benzene ring substituents is 1. The van der Waals surface area contributed by atoms with Gasteiger partial charge in [0, 0.05) is 18.2 Å². The van der Waals surface area contributed by atoms with Crippen LogP contribution in [-0.4, -0.2) is 46.1 Å². The predicted molar refractivity (Wildman–Crippen MR) is 73.2 cm³/mol. The molecule has 0 aromatic heterocycles. The number of aromatic hydroxyl groups is 1. The first-order valence-corrected chi connectivity index (χ1v) is 6.98. The van der Waals surface area contributed by atoms with E-state index in [4.69, 9.17) is 4.74 Å². The molecule has 2 atom stereocenters. The highest BCUT2D eigenvalue weighted by Crippen LogP contribution is 2.32. The standard InChI is InChI=1S/C14H16N2O5/c17-12-8-9(4-5-10(12)16(19)20)14(18)15-6-7-21-13-3-1-2-11(13)15/h4-5,8,11,13,17H,1-3,6-7H2. The molecule has 1 aliphatic heterocycles. The largest absolute Gasteiger partial charge is 0.502 e. The highest BCUT2D eigenvalue weighted by Gasteiger charge is 2.38. The number of morpholine rings is 1. The van der Waals surface area contributed by atoms with Gasteiger partial charge in [-0.3, -0.25) is 14.9 Å². The molecule has 0 bridgehead atoms. The van der Waals surface area contributed by atoms with E-state index in [1.165, 1.54) is 12.1 Å². The van der Waals surface area contributed by atoms with E-state index in [2.05, 4.69) is 0 Å². The van der Waals surface area contributed by atoms with Gasteiger partial charge in [0.15, 0.2) is 5.75 Å². The van der Waals surface area contributed by atoms with E-state index in [9.17, 15) is 20.0 Å². The van der Waals surface area contributed by atoms with E-state index in [1.54, 1.807) is 4.90 Å². The number of fused-ring (bicyclic) bond motifs is 1. The lowest BCUT2D eigenvalue weighted by molar-refractivity contribution is -0.385. The number of carbonyl (C=O) groups is 1. The predicted octanol–water partition coefficient (Wildman–Crippen LogP) is 1.69. The highest BCUT2D eigenvalue weighted by atomic mass is 16.6. The summed E-state index contributed by atoms with van der Waals surface area (Å²) in [4.78, 5) is 24.3. The maximum atomic E-state index is 12.6. The number of ether oxygens (including phenoxy) is 1. The monoisotopic (exact) mass is 292 g/mol. The molecule has 7 heteroatoms. The van der Waals surface area contributed by atoms with E-state index in [1.807, 2.05) is 0 Å². The molecule has 1 aliphatic carbocycles. The van der Waals surface area contributed by atoms with Gasteiger partial charge in [0.25, 0.3) is 5.91 Å². The molecule has 1 N–H and O–H groups in total. The van der Waals surface area contributed by atoms with Gasteiger partial charge in [-0.2, -0.15) is 0 Å². The summed E-state index contributed by atoms with van der Waals surface area (Å²) in [5.74, 6) is -0.692.